The second-order valence-corrected chi connectivity index (χ2v) is 6.45. The minimum Gasteiger partial charge on any atom is -0.319 e. The van der Waals surface area contributed by atoms with Gasteiger partial charge in [0.1, 0.15) is 0 Å². The van der Waals surface area contributed by atoms with Gasteiger partial charge in [-0.1, -0.05) is 19.8 Å². The predicted octanol–water partition coefficient (Wildman–Crippen LogP) is 2.74. The van der Waals surface area contributed by atoms with Gasteiger partial charge in [-0.05, 0) is 63.6 Å². The Morgan fingerprint density at radius 1 is 1.06 bits per heavy atom. The number of nitrogens with one attached hydrogen (secondary N) is 1. The first kappa shape index (κ1) is 13.4. The van der Waals surface area contributed by atoms with Crippen molar-refractivity contribution in [1.29, 1.82) is 0 Å². The lowest BCUT2D eigenvalue weighted by Gasteiger charge is -2.36. The summed E-state index contributed by atoms with van der Waals surface area (Å²) >= 11 is 0. The van der Waals surface area contributed by atoms with Gasteiger partial charge in [-0.25, -0.2) is 0 Å². The zero-order chi connectivity index (χ0) is 12.1. The van der Waals surface area contributed by atoms with Crippen LogP contribution < -0.4 is 5.32 Å². The molecule has 0 bridgehead atoms. The van der Waals surface area contributed by atoms with E-state index in [1.807, 2.05) is 0 Å². The van der Waals surface area contributed by atoms with E-state index in [2.05, 4.69) is 24.2 Å². The van der Waals surface area contributed by atoms with E-state index >= 15 is 0 Å². The number of piperidine rings is 1. The summed E-state index contributed by atoms with van der Waals surface area (Å²) in [5.41, 5.74) is 0. The Balaban J connectivity index is 1.71. The van der Waals surface area contributed by atoms with Gasteiger partial charge >= 0.3 is 0 Å². The minimum absolute atomic E-state index is 0.899. The van der Waals surface area contributed by atoms with Crippen LogP contribution in [0.4, 0.5) is 0 Å². The summed E-state index contributed by atoms with van der Waals surface area (Å²) in [6.45, 7) is 7.70. The smallest absolute Gasteiger partial charge is 0.00219 e. The summed E-state index contributed by atoms with van der Waals surface area (Å²) < 4.78 is 0. The quantitative estimate of drug-likeness (QED) is 0.810. The molecule has 0 spiro atoms. The summed E-state index contributed by atoms with van der Waals surface area (Å²) in [6.07, 6.45) is 8.74. The molecule has 1 unspecified atom stereocenters. The zero-order valence-electron chi connectivity index (χ0n) is 11.8. The molecule has 2 fully saturated rings. The molecule has 1 saturated heterocycles. The average Bonchev–Trinajstić information content (AvgIpc) is 2.33. The molecule has 1 heterocycles. The maximum atomic E-state index is 3.34. The van der Waals surface area contributed by atoms with Crippen molar-refractivity contribution in [2.45, 2.75) is 45.4 Å². The Morgan fingerprint density at radius 2 is 1.82 bits per heavy atom. The molecule has 17 heavy (non-hydrogen) atoms. The van der Waals surface area contributed by atoms with Crippen LogP contribution in [0, 0.1) is 17.8 Å². The Labute approximate surface area is 107 Å². The molecule has 1 saturated carbocycles. The van der Waals surface area contributed by atoms with Gasteiger partial charge in [0.15, 0.2) is 0 Å². The highest BCUT2D eigenvalue weighted by molar-refractivity contribution is 4.78. The maximum Gasteiger partial charge on any atom is 0.00219 e. The summed E-state index contributed by atoms with van der Waals surface area (Å²) in [5.74, 6) is 2.89. The molecule has 0 aromatic heterocycles. The number of hydrogen-bond donors (Lipinski definition) is 1. The molecule has 1 N–H and O–H groups in total. The van der Waals surface area contributed by atoms with Gasteiger partial charge < -0.3 is 10.2 Å². The molecule has 1 aliphatic carbocycles. The van der Waals surface area contributed by atoms with Crippen molar-refractivity contribution in [1.82, 2.24) is 10.2 Å². The van der Waals surface area contributed by atoms with Crippen LogP contribution in [0.15, 0.2) is 0 Å². The summed E-state index contributed by atoms with van der Waals surface area (Å²) in [5, 5.41) is 3.34. The van der Waals surface area contributed by atoms with E-state index in [9.17, 15) is 0 Å². The summed E-state index contributed by atoms with van der Waals surface area (Å²) in [6, 6.07) is 0. The molecule has 2 nitrogen and oxygen atoms in total. The van der Waals surface area contributed by atoms with E-state index in [-0.39, 0.29) is 0 Å². The van der Waals surface area contributed by atoms with Gasteiger partial charge in [0.05, 0.1) is 0 Å². The van der Waals surface area contributed by atoms with Crippen molar-refractivity contribution in [3.8, 4) is 0 Å². The monoisotopic (exact) mass is 238 g/mol. The van der Waals surface area contributed by atoms with Crippen LogP contribution in [0.5, 0.6) is 0 Å². The second kappa shape index (κ2) is 6.75. The van der Waals surface area contributed by atoms with Gasteiger partial charge in [0.25, 0.3) is 0 Å². The molecule has 1 atom stereocenters. The number of likely N-dealkylation sites (tertiary alicyclic amines) is 1. The second-order valence-electron chi connectivity index (χ2n) is 6.45. The van der Waals surface area contributed by atoms with Crippen LogP contribution in [0.3, 0.4) is 0 Å². The third-order valence-electron chi connectivity index (χ3n) is 4.75. The van der Waals surface area contributed by atoms with Gasteiger partial charge in [-0.3, -0.25) is 0 Å². The van der Waals surface area contributed by atoms with Crippen LogP contribution in [-0.2, 0) is 0 Å². The van der Waals surface area contributed by atoms with Crippen LogP contribution in [0.1, 0.15) is 45.4 Å². The third-order valence-corrected chi connectivity index (χ3v) is 4.75. The first-order chi connectivity index (χ1) is 8.28. The fraction of sp³-hybridized carbons (Fsp3) is 1.00. The average molecular weight is 238 g/mol. The molecule has 0 aromatic rings. The largest absolute Gasteiger partial charge is 0.319 e. The fourth-order valence-electron chi connectivity index (χ4n) is 3.65. The van der Waals surface area contributed by atoms with Crippen LogP contribution in [0.25, 0.3) is 0 Å². The number of nitrogens with zero attached hydrogens (tertiary/aromatic N) is 1. The number of hydrogen-bond acceptors (Lipinski definition) is 2. The summed E-state index contributed by atoms with van der Waals surface area (Å²) in [4.78, 5) is 2.74. The highest BCUT2D eigenvalue weighted by Crippen LogP contribution is 2.29. The Kier molecular flexibility index (Phi) is 5.30. The third kappa shape index (κ3) is 4.26. The van der Waals surface area contributed by atoms with Crippen molar-refractivity contribution in [3.63, 3.8) is 0 Å². The molecule has 2 rings (SSSR count). The molecule has 0 amide bonds. The van der Waals surface area contributed by atoms with E-state index in [1.165, 1.54) is 64.7 Å². The molecule has 0 aromatic carbocycles. The van der Waals surface area contributed by atoms with Crippen molar-refractivity contribution >= 4 is 0 Å². The van der Waals surface area contributed by atoms with Crippen molar-refractivity contribution in [3.05, 3.63) is 0 Å². The first-order valence-electron chi connectivity index (χ1n) is 7.65. The van der Waals surface area contributed by atoms with E-state index in [1.54, 1.807) is 0 Å². The molecular weight excluding hydrogens is 208 g/mol. The molecule has 0 radical (unpaired) electrons. The normalized spacial score (nSPS) is 36.0. The van der Waals surface area contributed by atoms with Gasteiger partial charge in [-0.2, -0.15) is 0 Å². The molecule has 2 heteroatoms. The SMILES string of the molecule is CNCC1CCCN(CC2CCC(C)CC2)C1. The lowest BCUT2D eigenvalue weighted by atomic mass is 9.82. The Morgan fingerprint density at radius 3 is 2.53 bits per heavy atom. The Bertz CT molecular complexity index is 207. The molecule has 1 aliphatic heterocycles. The standard InChI is InChI=1S/C15H30N2/c1-13-5-7-14(8-6-13)11-17-9-3-4-15(12-17)10-16-2/h13-16H,3-12H2,1-2H3. The lowest BCUT2D eigenvalue weighted by Crippen LogP contribution is -2.41. The van der Waals surface area contributed by atoms with Crippen LogP contribution in [-0.4, -0.2) is 38.1 Å². The fourth-order valence-corrected chi connectivity index (χ4v) is 3.65. The number of rotatable bonds is 4. The van der Waals surface area contributed by atoms with E-state index in [0.29, 0.717) is 0 Å². The van der Waals surface area contributed by atoms with Crippen LogP contribution in [0.2, 0.25) is 0 Å². The summed E-state index contributed by atoms with van der Waals surface area (Å²) in [7, 11) is 2.08. The Hall–Kier alpha value is -0.0800. The van der Waals surface area contributed by atoms with Gasteiger partial charge in [0.2, 0.25) is 0 Å². The van der Waals surface area contributed by atoms with Gasteiger partial charge in [0, 0.05) is 13.1 Å². The van der Waals surface area contributed by atoms with Crippen molar-refractivity contribution in [2.75, 3.05) is 33.2 Å². The molecule has 2 aliphatic rings. The van der Waals surface area contributed by atoms with Crippen molar-refractivity contribution in [2.24, 2.45) is 17.8 Å². The van der Waals surface area contributed by atoms with Crippen LogP contribution >= 0.6 is 0 Å². The highest BCUT2D eigenvalue weighted by atomic mass is 15.1. The minimum atomic E-state index is 0.899. The van der Waals surface area contributed by atoms with E-state index < -0.39 is 0 Å². The van der Waals surface area contributed by atoms with Gasteiger partial charge in [-0.15, -0.1) is 0 Å². The highest BCUT2D eigenvalue weighted by Gasteiger charge is 2.24. The predicted molar refractivity (Wildman–Crippen MR) is 74.2 cm³/mol. The lowest BCUT2D eigenvalue weighted by molar-refractivity contribution is 0.130. The molecule has 100 valence electrons. The zero-order valence-corrected chi connectivity index (χ0v) is 11.8. The maximum absolute atomic E-state index is 3.34. The topological polar surface area (TPSA) is 15.3 Å². The van der Waals surface area contributed by atoms with Crippen molar-refractivity contribution < 1.29 is 0 Å². The van der Waals surface area contributed by atoms with E-state index in [0.717, 1.165) is 17.8 Å². The molecular formula is C15H30N2. The van der Waals surface area contributed by atoms with E-state index in [4.69, 9.17) is 0 Å². The first-order valence-corrected chi connectivity index (χ1v) is 7.65.